The summed E-state index contributed by atoms with van der Waals surface area (Å²) >= 11 is 0. The van der Waals surface area contributed by atoms with Crippen LogP contribution in [0.3, 0.4) is 0 Å². The van der Waals surface area contributed by atoms with E-state index < -0.39 is 11.6 Å². The van der Waals surface area contributed by atoms with Crippen molar-refractivity contribution in [2.75, 3.05) is 11.9 Å². The Balaban J connectivity index is 1.63. The zero-order valence-electron chi connectivity index (χ0n) is 14.1. The highest BCUT2D eigenvalue weighted by Gasteiger charge is 2.26. The van der Waals surface area contributed by atoms with Gasteiger partial charge in [0.2, 0.25) is 0 Å². The molecule has 0 aliphatic rings. The van der Waals surface area contributed by atoms with E-state index in [0.29, 0.717) is 11.4 Å². The molecule has 3 aromatic rings. The molecule has 3 N–H and O–H groups in total. The maximum absolute atomic E-state index is 12.1. The van der Waals surface area contributed by atoms with Gasteiger partial charge in [0.15, 0.2) is 0 Å². The number of urea groups is 1. The molecule has 1 aromatic carbocycles. The molecule has 1 atom stereocenters. The number of furan rings is 1. The minimum atomic E-state index is -1.28. The van der Waals surface area contributed by atoms with Crippen molar-refractivity contribution in [2.45, 2.75) is 19.4 Å². The van der Waals surface area contributed by atoms with Gasteiger partial charge in [-0.2, -0.15) is 5.10 Å². The zero-order chi connectivity index (χ0) is 17.9. The number of carbonyl (C=O) groups excluding carboxylic acids is 1. The third-order valence-corrected chi connectivity index (χ3v) is 3.83. The van der Waals surface area contributed by atoms with Crippen LogP contribution in [0.25, 0.3) is 5.69 Å². The van der Waals surface area contributed by atoms with E-state index in [0.717, 1.165) is 11.4 Å². The molecule has 0 fully saturated rings. The van der Waals surface area contributed by atoms with Crippen LogP contribution in [0.4, 0.5) is 10.5 Å². The van der Waals surface area contributed by atoms with Crippen molar-refractivity contribution in [2.24, 2.45) is 0 Å². The molecule has 0 aliphatic heterocycles. The van der Waals surface area contributed by atoms with Crippen LogP contribution in [-0.4, -0.2) is 27.5 Å². The summed E-state index contributed by atoms with van der Waals surface area (Å²) in [5, 5.41) is 20.0. The molecule has 7 heteroatoms. The molecule has 3 rings (SSSR count). The normalized spacial score (nSPS) is 13.2. The molecule has 2 amide bonds. The van der Waals surface area contributed by atoms with Crippen molar-refractivity contribution in [1.82, 2.24) is 15.1 Å². The van der Waals surface area contributed by atoms with Crippen molar-refractivity contribution < 1.29 is 14.3 Å². The number of anilines is 1. The van der Waals surface area contributed by atoms with Gasteiger partial charge in [0.05, 0.1) is 18.5 Å². The summed E-state index contributed by atoms with van der Waals surface area (Å²) in [5.41, 5.74) is 1.19. The monoisotopic (exact) mass is 340 g/mol. The van der Waals surface area contributed by atoms with Crippen LogP contribution < -0.4 is 10.6 Å². The predicted octanol–water partition coefficient (Wildman–Crippen LogP) is 2.80. The van der Waals surface area contributed by atoms with Crippen molar-refractivity contribution in [3.63, 3.8) is 0 Å². The van der Waals surface area contributed by atoms with Crippen molar-refractivity contribution in [1.29, 1.82) is 0 Å². The number of nitrogens with one attached hydrogen (secondary N) is 2. The lowest BCUT2D eigenvalue weighted by molar-refractivity contribution is 0.0372. The molecular formula is C18H20N4O3. The molecular weight excluding hydrogens is 320 g/mol. The Bertz CT molecular complexity index is 853. The second kappa shape index (κ2) is 6.82. The molecule has 7 nitrogen and oxygen atoms in total. The number of hydrogen-bond acceptors (Lipinski definition) is 4. The summed E-state index contributed by atoms with van der Waals surface area (Å²) in [6, 6.07) is 12.2. The topological polar surface area (TPSA) is 92.3 Å². The summed E-state index contributed by atoms with van der Waals surface area (Å²) in [7, 11) is 0. The Hall–Kier alpha value is -3.06. The summed E-state index contributed by atoms with van der Waals surface area (Å²) < 4.78 is 6.97. The molecule has 2 aromatic heterocycles. The quantitative estimate of drug-likeness (QED) is 0.666. The van der Waals surface area contributed by atoms with Crippen molar-refractivity contribution in [3.8, 4) is 5.69 Å². The minimum absolute atomic E-state index is 0.0182. The number of rotatable bonds is 5. The summed E-state index contributed by atoms with van der Waals surface area (Å²) in [6.07, 6.45) is 3.20. The first kappa shape index (κ1) is 16.8. The van der Waals surface area contributed by atoms with E-state index in [9.17, 15) is 9.90 Å². The Morgan fingerprint density at radius 3 is 2.84 bits per heavy atom. The van der Waals surface area contributed by atoms with Crippen LogP contribution in [0.5, 0.6) is 0 Å². The molecule has 0 saturated heterocycles. The van der Waals surface area contributed by atoms with Gasteiger partial charge in [-0.1, -0.05) is 6.07 Å². The van der Waals surface area contributed by atoms with Crippen LogP contribution in [0, 0.1) is 6.92 Å². The fourth-order valence-corrected chi connectivity index (χ4v) is 2.46. The summed E-state index contributed by atoms with van der Waals surface area (Å²) in [6.45, 7) is 3.55. The smallest absolute Gasteiger partial charge is 0.319 e. The van der Waals surface area contributed by atoms with Gasteiger partial charge < -0.3 is 20.2 Å². The Labute approximate surface area is 145 Å². The van der Waals surface area contributed by atoms with Crippen LogP contribution in [0.15, 0.2) is 59.3 Å². The van der Waals surface area contributed by atoms with Gasteiger partial charge >= 0.3 is 6.03 Å². The molecule has 0 bridgehead atoms. The lowest BCUT2D eigenvalue weighted by Gasteiger charge is -2.21. The zero-order valence-corrected chi connectivity index (χ0v) is 14.1. The lowest BCUT2D eigenvalue weighted by atomic mass is 10.0. The van der Waals surface area contributed by atoms with E-state index in [1.54, 1.807) is 36.0 Å². The van der Waals surface area contributed by atoms with E-state index in [-0.39, 0.29) is 6.54 Å². The number of hydrogen-bond donors (Lipinski definition) is 3. The average Bonchev–Trinajstić information content (AvgIpc) is 3.25. The molecule has 0 aliphatic carbocycles. The highest BCUT2D eigenvalue weighted by Crippen LogP contribution is 2.20. The molecule has 0 spiro atoms. The van der Waals surface area contributed by atoms with Gasteiger partial charge in [-0.05, 0) is 50.2 Å². The maximum Gasteiger partial charge on any atom is 0.319 e. The molecule has 0 saturated carbocycles. The number of nitrogens with zero attached hydrogens (tertiary/aromatic N) is 2. The fourth-order valence-electron chi connectivity index (χ4n) is 2.46. The third kappa shape index (κ3) is 3.89. The highest BCUT2D eigenvalue weighted by atomic mass is 16.4. The number of aliphatic hydroxyl groups is 1. The molecule has 1 unspecified atom stereocenters. The van der Waals surface area contributed by atoms with Crippen molar-refractivity contribution >= 4 is 11.7 Å². The minimum Gasteiger partial charge on any atom is -0.466 e. The Morgan fingerprint density at radius 2 is 2.16 bits per heavy atom. The number of aryl methyl sites for hydroxylation is 1. The van der Waals surface area contributed by atoms with Gasteiger partial charge in [-0.25, -0.2) is 9.48 Å². The molecule has 2 heterocycles. The van der Waals surface area contributed by atoms with Gasteiger partial charge in [0.25, 0.3) is 0 Å². The first-order valence-corrected chi connectivity index (χ1v) is 7.88. The summed E-state index contributed by atoms with van der Waals surface area (Å²) in [5.74, 6) is 0.393. The van der Waals surface area contributed by atoms with Crippen molar-refractivity contribution in [3.05, 3.63) is 66.4 Å². The van der Waals surface area contributed by atoms with Crippen LogP contribution >= 0.6 is 0 Å². The molecule has 130 valence electrons. The summed E-state index contributed by atoms with van der Waals surface area (Å²) in [4.78, 5) is 12.1. The third-order valence-electron chi connectivity index (χ3n) is 3.83. The van der Waals surface area contributed by atoms with Crippen LogP contribution in [0.1, 0.15) is 18.4 Å². The number of carbonyl (C=O) groups is 1. The van der Waals surface area contributed by atoms with E-state index >= 15 is 0 Å². The van der Waals surface area contributed by atoms with Crippen LogP contribution in [0.2, 0.25) is 0 Å². The second-order valence-electron chi connectivity index (χ2n) is 5.99. The van der Waals surface area contributed by atoms with E-state index in [1.807, 2.05) is 31.2 Å². The maximum atomic E-state index is 12.1. The van der Waals surface area contributed by atoms with E-state index in [4.69, 9.17) is 4.42 Å². The van der Waals surface area contributed by atoms with Gasteiger partial charge in [-0.15, -0.1) is 0 Å². The first-order valence-electron chi connectivity index (χ1n) is 7.88. The number of aromatic nitrogens is 2. The fraction of sp³-hybridized carbons (Fsp3) is 0.222. The standard InChI is InChI=1S/C18H20N4O3/c1-13-8-9-20-22(13)15-6-3-5-14(11-15)21-17(23)19-12-18(2,24)16-7-4-10-25-16/h3-11,24H,12H2,1-2H3,(H2,19,21,23). The van der Waals surface area contributed by atoms with Gasteiger partial charge in [0.1, 0.15) is 11.4 Å². The Kier molecular flexibility index (Phi) is 4.58. The largest absolute Gasteiger partial charge is 0.466 e. The predicted molar refractivity (Wildman–Crippen MR) is 93.6 cm³/mol. The molecule has 25 heavy (non-hydrogen) atoms. The number of amides is 2. The van der Waals surface area contributed by atoms with Gasteiger partial charge in [0, 0.05) is 17.6 Å². The molecule has 0 radical (unpaired) electrons. The lowest BCUT2D eigenvalue weighted by Crippen LogP contribution is -2.40. The van der Waals surface area contributed by atoms with Crippen LogP contribution in [-0.2, 0) is 5.60 Å². The second-order valence-corrected chi connectivity index (χ2v) is 5.99. The number of benzene rings is 1. The van der Waals surface area contributed by atoms with E-state index in [1.165, 1.54) is 6.26 Å². The average molecular weight is 340 g/mol. The van der Waals surface area contributed by atoms with E-state index in [2.05, 4.69) is 15.7 Å². The van der Waals surface area contributed by atoms with Gasteiger partial charge in [-0.3, -0.25) is 0 Å². The SMILES string of the molecule is Cc1ccnn1-c1cccc(NC(=O)NCC(C)(O)c2ccco2)c1. The highest BCUT2D eigenvalue weighted by molar-refractivity contribution is 5.89. The Morgan fingerprint density at radius 1 is 1.32 bits per heavy atom. The first-order chi connectivity index (χ1) is 12.0.